The third kappa shape index (κ3) is 3.01. The lowest BCUT2D eigenvalue weighted by atomic mass is 10.2. The number of hydrogen-bond donors (Lipinski definition) is 3. The minimum atomic E-state index is -3.56. The summed E-state index contributed by atoms with van der Waals surface area (Å²) in [5, 5.41) is 9.92. The molecule has 114 valence electrons. The number of rotatable bonds is 5. The molecule has 0 fully saturated rings. The zero-order valence-corrected chi connectivity index (χ0v) is 13.0. The lowest BCUT2D eigenvalue weighted by Gasteiger charge is -2.16. The van der Waals surface area contributed by atoms with E-state index >= 15 is 0 Å². The van der Waals surface area contributed by atoms with E-state index in [0.29, 0.717) is 12.2 Å². The Kier molecular flexibility index (Phi) is 4.19. The van der Waals surface area contributed by atoms with Crippen LogP contribution in [0.5, 0.6) is 0 Å². The smallest absolute Gasteiger partial charge is 0.244 e. The van der Waals surface area contributed by atoms with Crippen LogP contribution >= 0.6 is 0 Å². The molecule has 2 rings (SSSR count). The second-order valence-electron chi connectivity index (χ2n) is 4.88. The van der Waals surface area contributed by atoms with Crippen LogP contribution in [0.15, 0.2) is 29.3 Å². The van der Waals surface area contributed by atoms with Gasteiger partial charge in [-0.1, -0.05) is 6.07 Å². The van der Waals surface area contributed by atoms with Crippen molar-refractivity contribution in [1.82, 2.24) is 14.5 Å². The van der Waals surface area contributed by atoms with Crippen LogP contribution in [0.4, 0.5) is 11.4 Å². The fourth-order valence-electron chi connectivity index (χ4n) is 1.86. The molecule has 0 aliphatic heterocycles. The number of nitrogen functional groups attached to an aromatic ring is 1. The number of hydrogen-bond acceptors (Lipinski definition) is 5. The maximum atomic E-state index is 12.2. The maximum absolute atomic E-state index is 12.2. The molecular weight excluding hydrogens is 290 g/mol. The van der Waals surface area contributed by atoms with Gasteiger partial charge in [0.2, 0.25) is 10.0 Å². The predicted octanol–water partition coefficient (Wildman–Crippen LogP) is 1.16. The van der Waals surface area contributed by atoms with Crippen molar-refractivity contribution in [3.8, 4) is 0 Å². The number of aromatic nitrogens is 2. The molecule has 21 heavy (non-hydrogen) atoms. The molecular formula is C13H19N5O2S. The Labute approximate surface area is 124 Å². The van der Waals surface area contributed by atoms with Gasteiger partial charge in [0.1, 0.15) is 4.90 Å². The number of nitrogens with zero attached hydrogens (tertiary/aromatic N) is 2. The van der Waals surface area contributed by atoms with E-state index in [-0.39, 0.29) is 10.6 Å². The monoisotopic (exact) mass is 309 g/mol. The zero-order chi connectivity index (χ0) is 15.6. The molecule has 0 saturated carbocycles. The van der Waals surface area contributed by atoms with Crippen molar-refractivity contribution < 1.29 is 8.42 Å². The highest BCUT2D eigenvalue weighted by atomic mass is 32.2. The van der Waals surface area contributed by atoms with Crippen molar-refractivity contribution in [3.05, 3.63) is 35.7 Å². The Morgan fingerprint density at radius 3 is 2.67 bits per heavy atom. The van der Waals surface area contributed by atoms with E-state index in [1.807, 2.05) is 6.92 Å². The van der Waals surface area contributed by atoms with Crippen molar-refractivity contribution >= 4 is 21.4 Å². The normalized spacial score (nSPS) is 11.8. The van der Waals surface area contributed by atoms with Gasteiger partial charge in [0.15, 0.2) is 0 Å². The van der Waals surface area contributed by atoms with Gasteiger partial charge in [-0.05, 0) is 19.1 Å². The lowest BCUT2D eigenvalue weighted by molar-refractivity contribution is 0.521. The Hall–Kier alpha value is -2.06. The Balaban J connectivity index is 2.29. The number of aromatic amines is 1. The number of sulfonamides is 1. The average Bonchev–Trinajstić information content (AvgIpc) is 2.82. The Bertz CT molecular complexity index is 737. The van der Waals surface area contributed by atoms with Gasteiger partial charge in [-0.15, -0.1) is 0 Å². The first kappa shape index (κ1) is 15.3. The van der Waals surface area contributed by atoms with E-state index < -0.39 is 10.0 Å². The van der Waals surface area contributed by atoms with E-state index in [2.05, 4.69) is 15.5 Å². The summed E-state index contributed by atoms with van der Waals surface area (Å²) >= 11 is 0. The van der Waals surface area contributed by atoms with Crippen LogP contribution in [0.25, 0.3) is 0 Å². The Morgan fingerprint density at radius 2 is 2.10 bits per heavy atom. The minimum absolute atomic E-state index is 0.0985. The molecule has 8 heteroatoms. The summed E-state index contributed by atoms with van der Waals surface area (Å²) in [7, 11) is -0.609. The number of anilines is 2. The molecule has 0 aliphatic rings. The number of H-pyrrole nitrogens is 1. The molecule has 0 saturated heterocycles. The molecule has 0 spiro atoms. The van der Waals surface area contributed by atoms with Crippen molar-refractivity contribution in [2.75, 3.05) is 25.1 Å². The Morgan fingerprint density at radius 1 is 1.38 bits per heavy atom. The van der Waals surface area contributed by atoms with Crippen LogP contribution in [0, 0.1) is 6.92 Å². The van der Waals surface area contributed by atoms with E-state index in [4.69, 9.17) is 5.73 Å². The average molecular weight is 309 g/mol. The van der Waals surface area contributed by atoms with Crippen LogP contribution in [-0.4, -0.2) is 37.0 Å². The van der Waals surface area contributed by atoms with Crippen molar-refractivity contribution in [2.45, 2.75) is 18.4 Å². The van der Waals surface area contributed by atoms with Crippen molar-refractivity contribution in [2.24, 2.45) is 0 Å². The molecule has 1 aromatic carbocycles. The molecule has 7 nitrogen and oxygen atoms in total. The molecule has 0 radical (unpaired) electrons. The van der Waals surface area contributed by atoms with Crippen LogP contribution in [0.3, 0.4) is 0 Å². The first-order valence-electron chi connectivity index (χ1n) is 6.37. The molecule has 2 aromatic rings. The third-order valence-electron chi connectivity index (χ3n) is 3.23. The topological polar surface area (TPSA) is 104 Å². The van der Waals surface area contributed by atoms with E-state index in [9.17, 15) is 8.42 Å². The molecule has 1 aromatic heterocycles. The van der Waals surface area contributed by atoms with Crippen molar-refractivity contribution in [1.29, 1.82) is 0 Å². The zero-order valence-electron chi connectivity index (χ0n) is 12.2. The van der Waals surface area contributed by atoms with E-state index in [1.165, 1.54) is 20.2 Å². The van der Waals surface area contributed by atoms with Crippen LogP contribution in [0.1, 0.15) is 11.3 Å². The van der Waals surface area contributed by atoms with E-state index in [1.54, 1.807) is 18.3 Å². The quantitative estimate of drug-likeness (QED) is 0.719. The second-order valence-corrected chi connectivity index (χ2v) is 7.00. The summed E-state index contributed by atoms with van der Waals surface area (Å²) in [4.78, 5) is 0.0985. The number of aryl methyl sites for hydroxylation is 1. The fourth-order valence-corrected chi connectivity index (χ4v) is 2.90. The summed E-state index contributed by atoms with van der Waals surface area (Å²) < 4.78 is 25.5. The minimum Gasteiger partial charge on any atom is -0.396 e. The number of para-hydroxylation sites is 1. The first-order valence-corrected chi connectivity index (χ1v) is 7.81. The summed E-state index contributed by atoms with van der Waals surface area (Å²) in [5.41, 5.74) is 8.74. The van der Waals surface area contributed by atoms with Gasteiger partial charge in [-0.3, -0.25) is 5.10 Å². The van der Waals surface area contributed by atoms with Crippen molar-refractivity contribution in [3.63, 3.8) is 0 Å². The van der Waals surface area contributed by atoms with Gasteiger partial charge in [0, 0.05) is 31.9 Å². The first-order chi connectivity index (χ1) is 9.84. The SMILES string of the molecule is Cc1[nH]ncc1CNc1cccc(S(=O)(=O)N(C)C)c1N. The van der Waals surface area contributed by atoms with Crippen LogP contribution in [-0.2, 0) is 16.6 Å². The van der Waals surface area contributed by atoms with Gasteiger partial charge < -0.3 is 11.1 Å². The maximum Gasteiger partial charge on any atom is 0.244 e. The number of nitrogens with one attached hydrogen (secondary N) is 2. The fraction of sp³-hybridized carbons (Fsp3) is 0.308. The van der Waals surface area contributed by atoms with Gasteiger partial charge >= 0.3 is 0 Å². The van der Waals surface area contributed by atoms with Crippen LogP contribution in [0.2, 0.25) is 0 Å². The molecule has 0 atom stereocenters. The molecule has 0 bridgehead atoms. The summed E-state index contributed by atoms with van der Waals surface area (Å²) in [5.74, 6) is 0. The molecule has 0 unspecified atom stereocenters. The highest BCUT2D eigenvalue weighted by molar-refractivity contribution is 7.89. The molecule has 1 heterocycles. The molecule has 0 amide bonds. The standard InChI is InChI=1S/C13H19N5O2S/c1-9-10(8-16-17-9)7-15-11-5-4-6-12(13(11)14)21(19,20)18(2)3/h4-6,8,15H,7,14H2,1-3H3,(H,16,17). The highest BCUT2D eigenvalue weighted by Crippen LogP contribution is 2.28. The number of benzene rings is 1. The molecule has 0 aliphatic carbocycles. The summed E-state index contributed by atoms with van der Waals surface area (Å²) in [6.45, 7) is 2.43. The second kappa shape index (κ2) is 5.74. The number of nitrogens with two attached hydrogens (primary N) is 1. The summed E-state index contributed by atoms with van der Waals surface area (Å²) in [6, 6.07) is 4.91. The van der Waals surface area contributed by atoms with Gasteiger partial charge in [-0.25, -0.2) is 12.7 Å². The third-order valence-corrected chi connectivity index (χ3v) is 5.10. The predicted molar refractivity (Wildman–Crippen MR) is 82.4 cm³/mol. The van der Waals surface area contributed by atoms with Crippen LogP contribution < -0.4 is 11.1 Å². The largest absolute Gasteiger partial charge is 0.396 e. The molecule has 4 N–H and O–H groups in total. The van der Waals surface area contributed by atoms with E-state index in [0.717, 1.165) is 15.6 Å². The van der Waals surface area contributed by atoms with Gasteiger partial charge in [-0.2, -0.15) is 5.10 Å². The lowest BCUT2D eigenvalue weighted by Crippen LogP contribution is -2.23. The van der Waals surface area contributed by atoms with Gasteiger partial charge in [0.25, 0.3) is 0 Å². The highest BCUT2D eigenvalue weighted by Gasteiger charge is 2.21. The summed E-state index contributed by atoms with van der Waals surface area (Å²) in [6.07, 6.45) is 1.72. The van der Waals surface area contributed by atoms with Gasteiger partial charge in [0.05, 0.1) is 17.6 Å².